The van der Waals surface area contributed by atoms with Gasteiger partial charge in [-0.2, -0.15) is 0 Å². The summed E-state index contributed by atoms with van der Waals surface area (Å²) in [5.74, 6) is 1.19. The number of hydrogen-bond acceptors (Lipinski definition) is 3. The van der Waals surface area contributed by atoms with Crippen LogP contribution in [0, 0.1) is 11.3 Å². The third-order valence-corrected chi connectivity index (χ3v) is 3.23. The van der Waals surface area contributed by atoms with Crippen molar-refractivity contribution in [1.29, 1.82) is 5.41 Å². The van der Waals surface area contributed by atoms with Gasteiger partial charge in [-0.15, -0.1) is 0 Å². The molecule has 0 saturated carbocycles. The van der Waals surface area contributed by atoms with E-state index in [4.69, 9.17) is 15.9 Å². The van der Waals surface area contributed by atoms with Crippen LogP contribution in [0.4, 0.5) is 0 Å². The Morgan fingerprint density at radius 2 is 1.85 bits per heavy atom. The molecule has 0 rings (SSSR count). The van der Waals surface area contributed by atoms with Gasteiger partial charge in [0.05, 0.1) is 5.76 Å². The van der Waals surface area contributed by atoms with E-state index in [0.29, 0.717) is 6.61 Å². The molecule has 0 fully saturated rings. The first-order chi connectivity index (χ1) is 9.46. The van der Waals surface area contributed by atoms with E-state index in [9.17, 15) is 0 Å². The van der Waals surface area contributed by atoms with Gasteiger partial charge < -0.3 is 15.9 Å². The number of nitrogens with one attached hydrogen (secondary N) is 1. The fourth-order valence-electron chi connectivity index (χ4n) is 1.82. The largest absolute Gasteiger partial charge is 0.494 e. The number of ether oxygens (including phenoxy) is 1. The Morgan fingerprint density at radius 3 is 2.30 bits per heavy atom. The SMILES string of the molecule is C=C(C=N)C(C)C/C(=C\CC)OC/C(=C/CC)C(C)N. The van der Waals surface area contributed by atoms with E-state index < -0.39 is 0 Å². The van der Waals surface area contributed by atoms with Crippen molar-refractivity contribution in [2.24, 2.45) is 11.7 Å². The Bertz CT molecular complexity index is 367. The van der Waals surface area contributed by atoms with E-state index in [0.717, 1.165) is 36.2 Å². The molecule has 3 N–H and O–H groups in total. The third kappa shape index (κ3) is 7.29. The lowest BCUT2D eigenvalue weighted by atomic mass is 9.98. The fraction of sp³-hybridized carbons (Fsp3) is 0.588. The van der Waals surface area contributed by atoms with Crippen LogP contribution in [0.2, 0.25) is 0 Å². The van der Waals surface area contributed by atoms with Gasteiger partial charge in [0.25, 0.3) is 0 Å². The predicted molar refractivity (Wildman–Crippen MR) is 88.1 cm³/mol. The summed E-state index contributed by atoms with van der Waals surface area (Å²) in [5, 5.41) is 7.26. The lowest BCUT2D eigenvalue weighted by Gasteiger charge is -2.18. The van der Waals surface area contributed by atoms with Crippen LogP contribution in [0.5, 0.6) is 0 Å². The van der Waals surface area contributed by atoms with Crippen molar-refractivity contribution < 1.29 is 4.74 Å². The average Bonchev–Trinajstić information content (AvgIpc) is 2.41. The molecule has 0 aromatic heterocycles. The van der Waals surface area contributed by atoms with Crippen molar-refractivity contribution in [2.75, 3.05) is 6.61 Å². The standard InChI is InChI=1S/C17H30N2O/c1-6-8-16(15(5)19)12-20-17(9-7-2)10-13(3)14(4)11-18/h8-9,11,13,15,18H,4,6-7,10,12,19H2,1-3,5H3/b16-8-,17-9+,18-11?. The maximum Gasteiger partial charge on any atom is 0.110 e. The molecule has 0 spiro atoms. The maximum atomic E-state index is 7.26. The molecular formula is C17H30N2O. The highest BCUT2D eigenvalue weighted by atomic mass is 16.5. The number of nitrogens with two attached hydrogens (primary N) is 1. The van der Waals surface area contributed by atoms with Crippen LogP contribution in [-0.4, -0.2) is 18.9 Å². The first-order valence-corrected chi connectivity index (χ1v) is 7.41. The fourth-order valence-corrected chi connectivity index (χ4v) is 1.82. The van der Waals surface area contributed by atoms with Crippen LogP contribution in [0.3, 0.4) is 0 Å². The van der Waals surface area contributed by atoms with Gasteiger partial charge in [0.1, 0.15) is 6.61 Å². The molecule has 20 heavy (non-hydrogen) atoms. The quantitative estimate of drug-likeness (QED) is 0.357. The van der Waals surface area contributed by atoms with E-state index in [2.05, 4.69) is 39.5 Å². The topological polar surface area (TPSA) is 59.1 Å². The molecule has 0 aliphatic heterocycles. The molecule has 3 nitrogen and oxygen atoms in total. The molecule has 0 bridgehead atoms. The zero-order valence-corrected chi connectivity index (χ0v) is 13.4. The lowest BCUT2D eigenvalue weighted by Crippen LogP contribution is -2.21. The zero-order chi connectivity index (χ0) is 15.5. The zero-order valence-electron chi connectivity index (χ0n) is 13.4. The molecule has 2 atom stereocenters. The first-order valence-electron chi connectivity index (χ1n) is 7.41. The summed E-state index contributed by atoms with van der Waals surface area (Å²) in [6.07, 6.45) is 8.23. The van der Waals surface area contributed by atoms with Gasteiger partial charge in [0.2, 0.25) is 0 Å². The minimum atomic E-state index is 0.0202. The van der Waals surface area contributed by atoms with E-state index in [-0.39, 0.29) is 12.0 Å². The summed E-state index contributed by atoms with van der Waals surface area (Å²) in [6, 6.07) is 0.0202. The minimum absolute atomic E-state index is 0.0202. The minimum Gasteiger partial charge on any atom is -0.494 e. The number of rotatable bonds is 10. The molecule has 2 unspecified atom stereocenters. The van der Waals surface area contributed by atoms with E-state index in [1.165, 1.54) is 6.21 Å². The Morgan fingerprint density at radius 1 is 1.25 bits per heavy atom. The Kier molecular flexibility index (Phi) is 9.73. The third-order valence-electron chi connectivity index (χ3n) is 3.23. The molecule has 114 valence electrons. The van der Waals surface area contributed by atoms with Crippen LogP contribution in [0.25, 0.3) is 0 Å². The first kappa shape index (κ1) is 18.7. The Hall–Kier alpha value is -1.35. The molecule has 0 aromatic rings. The molecule has 0 aliphatic rings. The second-order valence-corrected chi connectivity index (χ2v) is 5.17. The van der Waals surface area contributed by atoms with Crippen molar-refractivity contribution in [3.8, 4) is 0 Å². The number of hydrogen-bond donors (Lipinski definition) is 2. The molecule has 0 saturated heterocycles. The highest BCUT2D eigenvalue weighted by Gasteiger charge is 2.11. The van der Waals surface area contributed by atoms with Crippen molar-refractivity contribution in [1.82, 2.24) is 0 Å². The smallest absolute Gasteiger partial charge is 0.110 e. The van der Waals surface area contributed by atoms with Gasteiger partial charge >= 0.3 is 0 Å². The summed E-state index contributed by atoms with van der Waals surface area (Å²) in [4.78, 5) is 0. The molecule has 3 heteroatoms. The highest BCUT2D eigenvalue weighted by Crippen LogP contribution is 2.19. The van der Waals surface area contributed by atoms with Crippen LogP contribution >= 0.6 is 0 Å². The molecule has 0 aromatic carbocycles. The van der Waals surface area contributed by atoms with Crippen molar-refractivity contribution >= 4 is 6.21 Å². The van der Waals surface area contributed by atoms with E-state index in [1.54, 1.807) is 0 Å². The van der Waals surface area contributed by atoms with E-state index >= 15 is 0 Å². The van der Waals surface area contributed by atoms with Crippen LogP contribution in [-0.2, 0) is 4.74 Å². The molecule has 0 radical (unpaired) electrons. The second-order valence-electron chi connectivity index (χ2n) is 5.17. The summed E-state index contributed by atoms with van der Waals surface area (Å²) in [7, 11) is 0. The molecule has 0 amide bonds. The van der Waals surface area contributed by atoms with Crippen molar-refractivity contribution in [2.45, 2.75) is 53.0 Å². The van der Waals surface area contributed by atoms with Gasteiger partial charge in [-0.05, 0) is 42.9 Å². The predicted octanol–water partition coefficient (Wildman–Crippen LogP) is 4.21. The normalized spacial score (nSPS) is 15.7. The van der Waals surface area contributed by atoms with Crippen LogP contribution in [0.15, 0.2) is 35.6 Å². The van der Waals surface area contributed by atoms with Gasteiger partial charge in [0.15, 0.2) is 0 Å². The lowest BCUT2D eigenvalue weighted by molar-refractivity contribution is 0.216. The van der Waals surface area contributed by atoms with Crippen molar-refractivity contribution in [3.63, 3.8) is 0 Å². The summed E-state index contributed by atoms with van der Waals surface area (Å²) >= 11 is 0. The van der Waals surface area contributed by atoms with E-state index in [1.807, 2.05) is 6.92 Å². The second kappa shape index (κ2) is 10.4. The van der Waals surface area contributed by atoms with Gasteiger partial charge in [-0.3, -0.25) is 0 Å². The summed E-state index contributed by atoms with van der Waals surface area (Å²) in [5.41, 5.74) is 7.90. The highest BCUT2D eigenvalue weighted by molar-refractivity contribution is 5.75. The van der Waals surface area contributed by atoms with Gasteiger partial charge in [-0.25, -0.2) is 0 Å². The maximum absolute atomic E-state index is 7.26. The van der Waals surface area contributed by atoms with Gasteiger partial charge in [-0.1, -0.05) is 33.4 Å². The molecular weight excluding hydrogens is 248 g/mol. The monoisotopic (exact) mass is 278 g/mol. The van der Waals surface area contributed by atoms with Crippen LogP contribution in [0.1, 0.15) is 47.0 Å². The van der Waals surface area contributed by atoms with Gasteiger partial charge in [0, 0.05) is 18.7 Å². The molecule has 0 heterocycles. The molecule has 0 aliphatic carbocycles. The van der Waals surface area contributed by atoms with Crippen molar-refractivity contribution in [3.05, 3.63) is 35.6 Å². The Labute approximate surface area is 124 Å². The van der Waals surface area contributed by atoms with Crippen LogP contribution < -0.4 is 5.73 Å². The summed E-state index contributed by atoms with van der Waals surface area (Å²) in [6.45, 7) is 12.7. The average molecular weight is 278 g/mol. The Balaban J connectivity index is 4.64. The summed E-state index contributed by atoms with van der Waals surface area (Å²) < 4.78 is 5.92. The number of allylic oxidation sites excluding steroid dienone is 4.